The minimum Gasteiger partial charge on any atom is -0.341 e. The first-order valence-electron chi connectivity index (χ1n) is 11.8. The van der Waals surface area contributed by atoms with Gasteiger partial charge in [0, 0.05) is 42.3 Å². The van der Waals surface area contributed by atoms with Crippen molar-refractivity contribution in [2.24, 2.45) is 22.7 Å². The van der Waals surface area contributed by atoms with Crippen molar-refractivity contribution in [1.29, 1.82) is 0 Å². The fourth-order valence-electron chi connectivity index (χ4n) is 5.81. The number of halogens is 1. The minimum atomic E-state index is -0.185. The number of rotatable bonds is 6. The molecule has 0 N–H and O–H groups in total. The molecule has 1 saturated carbocycles. The van der Waals surface area contributed by atoms with Gasteiger partial charge in [-0.15, -0.1) is 0 Å². The Balaban J connectivity index is 1.48. The highest BCUT2D eigenvalue weighted by Gasteiger charge is 2.52. The van der Waals surface area contributed by atoms with Crippen LogP contribution in [0, 0.1) is 28.5 Å². The Hall–Kier alpha value is -1.33. The van der Waals surface area contributed by atoms with E-state index >= 15 is 0 Å². The summed E-state index contributed by atoms with van der Waals surface area (Å²) < 4.78 is 15.8. The molecule has 1 heterocycles. The Kier molecular flexibility index (Phi) is 6.30. The predicted molar refractivity (Wildman–Crippen MR) is 127 cm³/mol. The van der Waals surface area contributed by atoms with Gasteiger partial charge in [-0.3, -0.25) is 4.79 Å². The average molecular weight is 445 g/mol. The number of nitrogens with zero attached hydrogens (tertiary/aromatic N) is 2. The minimum absolute atomic E-state index is 0.0446. The van der Waals surface area contributed by atoms with Crippen molar-refractivity contribution in [3.63, 3.8) is 0 Å². The smallest absolute Gasteiger partial charge is 0.225 e. The monoisotopic (exact) mass is 444 g/mol. The fraction of sp³-hybridized carbons (Fsp3) is 0.654. The summed E-state index contributed by atoms with van der Waals surface area (Å²) in [6.07, 6.45) is 8.06. The van der Waals surface area contributed by atoms with Crippen LogP contribution in [0.15, 0.2) is 36.4 Å². The van der Waals surface area contributed by atoms with Gasteiger partial charge in [-0.2, -0.15) is 0 Å². The Morgan fingerprint density at radius 3 is 2.52 bits per heavy atom. The average Bonchev–Trinajstić information content (AvgIpc) is 3.57. The standard InChI is InChI=1S/C26H37FN2OS/c1-6-29(18(2)19-9-11-21(27)12-10-19)31-22-13-14-26(5)17-28(24(30)20-7-8-20)16-25(3,4)23(26)15-22/h9-14,18,20,22-23H,6-8,15-17H2,1-5H3/t18?,22?,23?,26-/m0/s1. The Morgan fingerprint density at radius 2 is 1.90 bits per heavy atom. The van der Waals surface area contributed by atoms with Gasteiger partial charge in [0.25, 0.3) is 0 Å². The van der Waals surface area contributed by atoms with Crippen LogP contribution in [0.25, 0.3) is 0 Å². The number of carbonyl (C=O) groups is 1. The van der Waals surface area contributed by atoms with Crippen molar-refractivity contribution in [3.05, 3.63) is 47.8 Å². The summed E-state index contributed by atoms with van der Waals surface area (Å²) in [7, 11) is 0. The Bertz CT molecular complexity index is 834. The summed E-state index contributed by atoms with van der Waals surface area (Å²) in [6.45, 7) is 14.1. The Labute approximate surface area is 191 Å². The van der Waals surface area contributed by atoms with Crippen LogP contribution in [0.2, 0.25) is 0 Å². The summed E-state index contributed by atoms with van der Waals surface area (Å²) in [5.41, 5.74) is 1.29. The van der Waals surface area contributed by atoms with E-state index in [0.717, 1.165) is 44.5 Å². The van der Waals surface area contributed by atoms with Gasteiger partial charge in [0.05, 0.1) is 0 Å². The van der Waals surface area contributed by atoms with Crippen molar-refractivity contribution in [3.8, 4) is 0 Å². The van der Waals surface area contributed by atoms with Crippen LogP contribution < -0.4 is 0 Å². The van der Waals surface area contributed by atoms with Gasteiger partial charge in [-0.25, -0.2) is 8.70 Å². The fourth-order valence-corrected chi connectivity index (χ4v) is 7.04. The van der Waals surface area contributed by atoms with Gasteiger partial charge in [-0.05, 0) is 55.2 Å². The van der Waals surface area contributed by atoms with E-state index in [4.69, 9.17) is 0 Å². The number of benzene rings is 1. The molecule has 1 aromatic rings. The number of carbonyl (C=O) groups excluding carboxylic acids is 1. The maximum absolute atomic E-state index is 13.3. The predicted octanol–water partition coefficient (Wildman–Crippen LogP) is 6.09. The van der Waals surface area contributed by atoms with Crippen molar-refractivity contribution >= 4 is 17.9 Å². The number of hydrogen-bond donors (Lipinski definition) is 0. The lowest BCUT2D eigenvalue weighted by molar-refractivity contribution is -0.142. The summed E-state index contributed by atoms with van der Waals surface area (Å²) in [6, 6.07) is 7.12. The largest absolute Gasteiger partial charge is 0.341 e. The van der Waals surface area contributed by atoms with Crippen LogP contribution in [0.1, 0.15) is 65.5 Å². The van der Waals surface area contributed by atoms with E-state index in [1.807, 2.05) is 24.1 Å². The molecule has 1 aliphatic heterocycles. The lowest BCUT2D eigenvalue weighted by Gasteiger charge is -2.56. The third-order valence-electron chi connectivity index (χ3n) is 7.63. The number of piperidine rings is 1. The number of fused-ring (bicyclic) bond motifs is 1. The lowest BCUT2D eigenvalue weighted by atomic mass is 9.57. The molecule has 1 saturated heterocycles. The molecular formula is C26H37FN2OS. The summed E-state index contributed by atoms with van der Waals surface area (Å²) in [4.78, 5) is 15.0. The van der Waals surface area contributed by atoms with Gasteiger partial charge < -0.3 is 4.90 Å². The normalized spacial score (nSPS) is 30.9. The zero-order valence-corrected chi connectivity index (χ0v) is 20.4. The van der Waals surface area contributed by atoms with E-state index in [2.05, 4.69) is 56.0 Å². The molecule has 0 spiro atoms. The molecule has 0 bridgehead atoms. The molecule has 4 atom stereocenters. The van der Waals surface area contributed by atoms with Gasteiger partial charge in [-0.1, -0.05) is 63.9 Å². The van der Waals surface area contributed by atoms with Crippen LogP contribution in [0.5, 0.6) is 0 Å². The Morgan fingerprint density at radius 1 is 1.23 bits per heavy atom. The van der Waals surface area contributed by atoms with E-state index in [-0.39, 0.29) is 28.6 Å². The molecule has 5 heteroatoms. The van der Waals surface area contributed by atoms with Gasteiger partial charge in [0.2, 0.25) is 5.91 Å². The van der Waals surface area contributed by atoms with Crippen molar-refractivity contribution in [2.45, 2.75) is 65.2 Å². The van der Waals surface area contributed by atoms with E-state index in [1.165, 1.54) is 0 Å². The molecule has 170 valence electrons. The van der Waals surface area contributed by atoms with Crippen molar-refractivity contribution in [1.82, 2.24) is 9.21 Å². The molecule has 3 nitrogen and oxygen atoms in total. The maximum Gasteiger partial charge on any atom is 0.225 e. The van der Waals surface area contributed by atoms with Gasteiger partial charge >= 0.3 is 0 Å². The molecule has 0 aromatic heterocycles. The van der Waals surface area contributed by atoms with E-state index in [0.29, 0.717) is 17.1 Å². The van der Waals surface area contributed by atoms with Gasteiger partial charge in [0.15, 0.2) is 0 Å². The van der Waals surface area contributed by atoms with Crippen molar-refractivity contribution in [2.75, 3.05) is 19.6 Å². The second kappa shape index (κ2) is 8.55. The van der Waals surface area contributed by atoms with Gasteiger partial charge in [0.1, 0.15) is 5.82 Å². The molecule has 1 amide bonds. The molecule has 3 aliphatic rings. The first-order valence-corrected chi connectivity index (χ1v) is 12.6. The first-order chi connectivity index (χ1) is 14.6. The summed E-state index contributed by atoms with van der Waals surface area (Å²) in [5, 5.41) is 0.422. The van der Waals surface area contributed by atoms with Crippen LogP contribution in [-0.4, -0.2) is 40.0 Å². The van der Waals surface area contributed by atoms with Crippen LogP contribution in [0.4, 0.5) is 4.39 Å². The second-order valence-corrected chi connectivity index (χ2v) is 12.0. The molecule has 3 unspecified atom stereocenters. The zero-order valence-electron chi connectivity index (χ0n) is 19.6. The molecule has 2 aliphatic carbocycles. The topological polar surface area (TPSA) is 23.6 Å². The van der Waals surface area contributed by atoms with E-state index in [1.54, 1.807) is 12.1 Å². The zero-order chi connectivity index (χ0) is 22.4. The number of likely N-dealkylation sites (tertiary alicyclic amines) is 1. The summed E-state index contributed by atoms with van der Waals surface area (Å²) in [5.74, 6) is 1.03. The first kappa shape index (κ1) is 22.8. The van der Waals surface area contributed by atoms with E-state index in [9.17, 15) is 9.18 Å². The summed E-state index contributed by atoms with van der Waals surface area (Å²) >= 11 is 1.92. The quantitative estimate of drug-likeness (QED) is 0.392. The lowest BCUT2D eigenvalue weighted by Crippen LogP contribution is -2.58. The second-order valence-electron chi connectivity index (χ2n) is 10.7. The van der Waals surface area contributed by atoms with Crippen LogP contribution >= 0.6 is 11.9 Å². The molecule has 31 heavy (non-hydrogen) atoms. The van der Waals surface area contributed by atoms with Crippen LogP contribution in [0.3, 0.4) is 0 Å². The third-order valence-corrected chi connectivity index (χ3v) is 9.10. The molecule has 2 fully saturated rings. The van der Waals surface area contributed by atoms with E-state index < -0.39 is 0 Å². The molecule has 0 radical (unpaired) electrons. The van der Waals surface area contributed by atoms with Crippen molar-refractivity contribution < 1.29 is 9.18 Å². The number of amides is 1. The SMILES string of the molecule is CCN(SC1C=C[C@@]2(C)CN(C(=O)C3CC3)CC(C)(C)C2C1)C(C)c1ccc(F)cc1. The highest BCUT2D eigenvalue weighted by molar-refractivity contribution is 7.97. The highest BCUT2D eigenvalue weighted by atomic mass is 32.2. The molecule has 1 aromatic carbocycles. The third kappa shape index (κ3) is 4.73. The molecule has 4 rings (SSSR count). The maximum atomic E-state index is 13.3. The van der Waals surface area contributed by atoms with Crippen LogP contribution in [-0.2, 0) is 4.79 Å². The number of hydrogen-bond acceptors (Lipinski definition) is 3. The highest BCUT2D eigenvalue weighted by Crippen LogP contribution is 2.53. The molecular weight excluding hydrogens is 407 g/mol.